The molecule has 2 unspecified atom stereocenters. The van der Waals surface area contributed by atoms with E-state index in [9.17, 15) is 0 Å². The average molecular weight is 211 g/mol. The van der Waals surface area contributed by atoms with Crippen molar-refractivity contribution < 1.29 is 4.74 Å². The van der Waals surface area contributed by atoms with Gasteiger partial charge in [0.05, 0.1) is 6.10 Å². The number of rotatable bonds is 3. The van der Waals surface area contributed by atoms with Crippen LogP contribution in [-0.4, -0.2) is 24.8 Å². The van der Waals surface area contributed by atoms with Gasteiger partial charge in [0, 0.05) is 12.1 Å². The van der Waals surface area contributed by atoms with E-state index in [2.05, 4.69) is 19.2 Å². The maximum absolute atomic E-state index is 5.88. The third kappa shape index (κ3) is 2.54. The van der Waals surface area contributed by atoms with Gasteiger partial charge in [0.1, 0.15) is 0 Å². The van der Waals surface area contributed by atoms with Gasteiger partial charge in [-0.15, -0.1) is 0 Å². The molecule has 2 aliphatic rings. The topological polar surface area (TPSA) is 21.3 Å². The SMILES string of the molecule is CC(C)C1(CC2CCCCO2)CCCN1. The van der Waals surface area contributed by atoms with E-state index in [1.54, 1.807) is 0 Å². The first-order valence-corrected chi connectivity index (χ1v) is 6.59. The lowest BCUT2D eigenvalue weighted by molar-refractivity contribution is -0.0108. The van der Waals surface area contributed by atoms with Gasteiger partial charge in [-0.05, 0) is 51.0 Å². The van der Waals surface area contributed by atoms with Crippen molar-refractivity contribution in [2.24, 2.45) is 5.92 Å². The lowest BCUT2D eigenvalue weighted by Gasteiger charge is -2.38. The van der Waals surface area contributed by atoms with E-state index in [1.165, 1.54) is 45.1 Å². The molecule has 2 fully saturated rings. The van der Waals surface area contributed by atoms with Crippen molar-refractivity contribution in [1.29, 1.82) is 0 Å². The molecule has 0 bridgehead atoms. The molecule has 1 N–H and O–H groups in total. The number of hydrogen-bond donors (Lipinski definition) is 1. The van der Waals surface area contributed by atoms with Gasteiger partial charge >= 0.3 is 0 Å². The summed E-state index contributed by atoms with van der Waals surface area (Å²) in [6.07, 6.45) is 8.32. The summed E-state index contributed by atoms with van der Waals surface area (Å²) in [5.41, 5.74) is 0.377. The molecule has 2 saturated heterocycles. The van der Waals surface area contributed by atoms with Crippen LogP contribution in [0.5, 0.6) is 0 Å². The molecule has 2 nitrogen and oxygen atoms in total. The van der Waals surface area contributed by atoms with Crippen LogP contribution in [0.2, 0.25) is 0 Å². The maximum atomic E-state index is 5.88. The van der Waals surface area contributed by atoms with Crippen LogP contribution in [0.3, 0.4) is 0 Å². The highest BCUT2D eigenvalue weighted by atomic mass is 16.5. The smallest absolute Gasteiger partial charge is 0.0592 e. The fourth-order valence-corrected chi connectivity index (χ4v) is 3.11. The van der Waals surface area contributed by atoms with E-state index in [-0.39, 0.29) is 0 Å². The number of ether oxygens (including phenoxy) is 1. The molecular weight excluding hydrogens is 186 g/mol. The summed E-state index contributed by atoms with van der Waals surface area (Å²) in [6, 6.07) is 0. The minimum atomic E-state index is 0.377. The van der Waals surface area contributed by atoms with E-state index >= 15 is 0 Å². The highest BCUT2D eigenvalue weighted by Crippen LogP contribution is 2.34. The normalized spacial score (nSPS) is 37.4. The first-order valence-electron chi connectivity index (χ1n) is 6.59. The first-order chi connectivity index (χ1) is 7.23. The molecular formula is C13H25NO. The minimum absolute atomic E-state index is 0.377. The first kappa shape index (κ1) is 11.4. The summed E-state index contributed by atoms with van der Waals surface area (Å²) >= 11 is 0. The van der Waals surface area contributed by atoms with Crippen LogP contribution >= 0.6 is 0 Å². The van der Waals surface area contributed by atoms with E-state index in [1.807, 2.05) is 0 Å². The van der Waals surface area contributed by atoms with Gasteiger partial charge in [0.2, 0.25) is 0 Å². The molecule has 0 aliphatic carbocycles. The third-order valence-corrected chi connectivity index (χ3v) is 4.25. The van der Waals surface area contributed by atoms with Gasteiger partial charge in [0.15, 0.2) is 0 Å². The Bertz CT molecular complexity index is 191. The van der Waals surface area contributed by atoms with E-state index in [0.717, 1.165) is 12.5 Å². The Labute approximate surface area is 93.8 Å². The molecule has 2 heterocycles. The molecule has 0 amide bonds. The van der Waals surface area contributed by atoms with Crippen LogP contribution in [-0.2, 0) is 4.74 Å². The van der Waals surface area contributed by atoms with Crippen molar-refractivity contribution in [2.45, 2.75) is 64.0 Å². The average Bonchev–Trinajstić information content (AvgIpc) is 2.69. The van der Waals surface area contributed by atoms with Gasteiger partial charge < -0.3 is 10.1 Å². The summed E-state index contributed by atoms with van der Waals surface area (Å²) in [4.78, 5) is 0. The molecule has 2 atom stereocenters. The highest BCUT2D eigenvalue weighted by Gasteiger charge is 2.38. The number of hydrogen-bond acceptors (Lipinski definition) is 2. The second-order valence-electron chi connectivity index (χ2n) is 5.53. The van der Waals surface area contributed by atoms with E-state index in [0.29, 0.717) is 11.6 Å². The molecule has 15 heavy (non-hydrogen) atoms. The number of nitrogens with one attached hydrogen (secondary N) is 1. The summed E-state index contributed by atoms with van der Waals surface area (Å²) in [7, 11) is 0. The van der Waals surface area contributed by atoms with Crippen LogP contribution in [0.15, 0.2) is 0 Å². The predicted octanol–water partition coefficient (Wildman–Crippen LogP) is 2.72. The largest absolute Gasteiger partial charge is 0.378 e. The zero-order chi connectivity index (χ0) is 10.7. The van der Waals surface area contributed by atoms with E-state index < -0.39 is 0 Å². The Kier molecular flexibility index (Phi) is 3.68. The Hall–Kier alpha value is -0.0800. The summed E-state index contributed by atoms with van der Waals surface area (Å²) in [5, 5.41) is 3.74. The Morgan fingerprint density at radius 2 is 2.20 bits per heavy atom. The molecule has 0 spiro atoms. The van der Waals surface area contributed by atoms with Crippen molar-refractivity contribution in [3.8, 4) is 0 Å². The molecule has 2 heteroatoms. The summed E-state index contributed by atoms with van der Waals surface area (Å²) in [6.45, 7) is 6.88. The Morgan fingerprint density at radius 1 is 1.33 bits per heavy atom. The fraction of sp³-hybridized carbons (Fsp3) is 1.00. The lowest BCUT2D eigenvalue weighted by Crippen LogP contribution is -2.48. The Balaban J connectivity index is 1.93. The van der Waals surface area contributed by atoms with Crippen molar-refractivity contribution in [3.05, 3.63) is 0 Å². The molecule has 0 aromatic carbocycles. The van der Waals surface area contributed by atoms with Crippen molar-refractivity contribution in [2.75, 3.05) is 13.2 Å². The molecule has 2 rings (SSSR count). The Morgan fingerprint density at radius 3 is 2.73 bits per heavy atom. The molecule has 0 radical (unpaired) electrons. The fourth-order valence-electron chi connectivity index (χ4n) is 3.11. The molecule has 0 aromatic heterocycles. The maximum Gasteiger partial charge on any atom is 0.0592 e. The molecule has 0 saturated carbocycles. The van der Waals surface area contributed by atoms with Crippen molar-refractivity contribution in [3.63, 3.8) is 0 Å². The van der Waals surface area contributed by atoms with Crippen LogP contribution in [0.1, 0.15) is 52.4 Å². The van der Waals surface area contributed by atoms with Gasteiger partial charge in [-0.25, -0.2) is 0 Å². The van der Waals surface area contributed by atoms with Crippen LogP contribution < -0.4 is 5.32 Å². The van der Waals surface area contributed by atoms with Gasteiger partial charge in [0.25, 0.3) is 0 Å². The van der Waals surface area contributed by atoms with Gasteiger partial charge in [-0.3, -0.25) is 0 Å². The summed E-state index contributed by atoms with van der Waals surface area (Å²) in [5.74, 6) is 0.727. The van der Waals surface area contributed by atoms with Crippen molar-refractivity contribution in [1.82, 2.24) is 5.32 Å². The van der Waals surface area contributed by atoms with Crippen molar-refractivity contribution >= 4 is 0 Å². The van der Waals surface area contributed by atoms with Crippen LogP contribution in [0, 0.1) is 5.92 Å². The van der Waals surface area contributed by atoms with E-state index in [4.69, 9.17) is 4.74 Å². The monoisotopic (exact) mass is 211 g/mol. The molecule has 2 aliphatic heterocycles. The molecule has 0 aromatic rings. The van der Waals surface area contributed by atoms with Gasteiger partial charge in [-0.1, -0.05) is 13.8 Å². The zero-order valence-corrected chi connectivity index (χ0v) is 10.2. The highest BCUT2D eigenvalue weighted by molar-refractivity contribution is 4.97. The predicted molar refractivity (Wildman–Crippen MR) is 63.0 cm³/mol. The second-order valence-corrected chi connectivity index (χ2v) is 5.53. The summed E-state index contributed by atoms with van der Waals surface area (Å²) < 4.78 is 5.88. The van der Waals surface area contributed by atoms with Crippen LogP contribution in [0.4, 0.5) is 0 Å². The molecule has 88 valence electrons. The zero-order valence-electron chi connectivity index (χ0n) is 10.2. The third-order valence-electron chi connectivity index (χ3n) is 4.25. The minimum Gasteiger partial charge on any atom is -0.378 e. The second kappa shape index (κ2) is 4.84. The standard InChI is InChI=1S/C13H25NO/c1-11(2)13(7-5-8-14-13)10-12-6-3-4-9-15-12/h11-12,14H,3-10H2,1-2H3. The quantitative estimate of drug-likeness (QED) is 0.775. The van der Waals surface area contributed by atoms with Gasteiger partial charge in [-0.2, -0.15) is 0 Å². The van der Waals surface area contributed by atoms with Crippen LogP contribution in [0.25, 0.3) is 0 Å². The lowest BCUT2D eigenvalue weighted by atomic mass is 9.79.